The lowest BCUT2D eigenvalue weighted by molar-refractivity contribution is 0.0923. The van der Waals surface area contributed by atoms with Gasteiger partial charge in [-0.1, -0.05) is 13.8 Å². The molecule has 0 saturated carbocycles. The Labute approximate surface area is 120 Å². The van der Waals surface area contributed by atoms with Gasteiger partial charge in [-0.15, -0.1) is 0 Å². The number of aromatic nitrogens is 1. The molecule has 1 heterocycles. The maximum absolute atomic E-state index is 12.2. The van der Waals surface area contributed by atoms with Crippen LogP contribution in [0.5, 0.6) is 0 Å². The summed E-state index contributed by atoms with van der Waals surface area (Å²) in [6, 6.07) is 1.48. The molecule has 5 nitrogen and oxygen atoms in total. The van der Waals surface area contributed by atoms with E-state index in [1.807, 2.05) is 19.0 Å². The van der Waals surface area contributed by atoms with Crippen LogP contribution in [-0.2, 0) is 0 Å². The van der Waals surface area contributed by atoms with E-state index < -0.39 is 0 Å². The minimum Gasteiger partial charge on any atom is -0.364 e. The quantitative estimate of drug-likeness (QED) is 0.827. The van der Waals surface area contributed by atoms with Crippen LogP contribution in [0.1, 0.15) is 36.3 Å². The van der Waals surface area contributed by atoms with Gasteiger partial charge < -0.3 is 15.2 Å². The topological polar surface area (TPSA) is 65.2 Å². The molecule has 20 heavy (non-hydrogen) atoms. The van der Waals surface area contributed by atoms with Crippen molar-refractivity contribution in [1.29, 1.82) is 0 Å². The maximum atomic E-state index is 12.2. The van der Waals surface area contributed by atoms with Gasteiger partial charge in [-0.25, -0.2) is 0 Å². The Hall–Kier alpha value is -1.62. The summed E-state index contributed by atoms with van der Waals surface area (Å²) < 4.78 is 0. The molecule has 1 unspecified atom stereocenters. The van der Waals surface area contributed by atoms with Gasteiger partial charge in [0.05, 0.1) is 0 Å². The zero-order chi connectivity index (χ0) is 15.3. The van der Waals surface area contributed by atoms with Crippen molar-refractivity contribution in [3.63, 3.8) is 0 Å². The molecule has 0 aliphatic carbocycles. The standard InChI is InChI=1S/C15H25N3O2/c1-10(2)6-12(9-18(4)5)17-15(20)13-8-16-11(3)7-14(13)19/h7-8,10,12H,6,9H2,1-5H3,(H,16,19)(H,17,20). The Morgan fingerprint density at radius 2 is 2.05 bits per heavy atom. The van der Waals surface area contributed by atoms with Crippen LogP contribution in [0.15, 0.2) is 17.1 Å². The number of aromatic amines is 1. The molecule has 0 bridgehead atoms. The van der Waals surface area contributed by atoms with Crippen LogP contribution in [-0.4, -0.2) is 42.5 Å². The minimum absolute atomic E-state index is 0.0400. The average Bonchev–Trinajstić information content (AvgIpc) is 2.26. The number of amides is 1. The van der Waals surface area contributed by atoms with E-state index in [-0.39, 0.29) is 22.9 Å². The first-order valence-electron chi connectivity index (χ1n) is 6.94. The molecule has 0 fully saturated rings. The molecule has 0 saturated heterocycles. The fourth-order valence-corrected chi connectivity index (χ4v) is 2.20. The minimum atomic E-state index is -0.307. The van der Waals surface area contributed by atoms with Crippen LogP contribution in [0.4, 0.5) is 0 Å². The molecule has 0 radical (unpaired) electrons. The first-order chi connectivity index (χ1) is 9.29. The van der Waals surface area contributed by atoms with Crippen molar-refractivity contribution in [2.75, 3.05) is 20.6 Å². The fourth-order valence-electron chi connectivity index (χ4n) is 2.20. The Bertz CT molecular complexity index is 496. The number of H-pyrrole nitrogens is 1. The normalized spacial score (nSPS) is 12.8. The first kappa shape index (κ1) is 16.4. The van der Waals surface area contributed by atoms with Gasteiger partial charge in [0.1, 0.15) is 5.56 Å². The van der Waals surface area contributed by atoms with Gasteiger partial charge in [0, 0.05) is 30.5 Å². The third-order valence-electron chi connectivity index (χ3n) is 2.98. The van der Waals surface area contributed by atoms with Crippen molar-refractivity contribution in [2.24, 2.45) is 5.92 Å². The van der Waals surface area contributed by atoms with E-state index in [0.717, 1.165) is 18.7 Å². The molecule has 0 aliphatic heterocycles. The van der Waals surface area contributed by atoms with Gasteiger partial charge in [-0.05, 0) is 33.4 Å². The zero-order valence-corrected chi connectivity index (χ0v) is 13.0. The number of aryl methyl sites for hydroxylation is 1. The zero-order valence-electron chi connectivity index (χ0n) is 13.0. The molecule has 1 aromatic heterocycles. The second-order valence-corrected chi connectivity index (χ2v) is 5.96. The van der Waals surface area contributed by atoms with Crippen molar-refractivity contribution >= 4 is 5.91 Å². The van der Waals surface area contributed by atoms with Crippen LogP contribution in [0, 0.1) is 12.8 Å². The first-order valence-corrected chi connectivity index (χ1v) is 6.94. The molecule has 1 rings (SSSR count). The van der Waals surface area contributed by atoms with Crippen LogP contribution < -0.4 is 10.7 Å². The summed E-state index contributed by atoms with van der Waals surface area (Å²) >= 11 is 0. The molecular formula is C15H25N3O2. The molecule has 0 aliphatic rings. The Balaban J connectivity index is 2.81. The number of hydrogen-bond acceptors (Lipinski definition) is 3. The third kappa shape index (κ3) is 5.17. The van der Waals surface area contributed by atoms with Crippen LogP contribution >= 0.6 is 0 Å². The van der Waals surface area contributed by atoms with Crippen LogP contribution in [0.25, 0.3) is 0 Å². The lowest BCUT2D eigenvalue weighted by atomic mass is 10.0. The molecule has 1 amide bonds. The van der Waals surface area contributed by atoms with E-state index in [9.17, 15) is 9.59 Å². The second-order valence-electron chi connectivity index (χ2n) is 5.96. The Kier molecular flexibility index (Phi) is 5.95. The van der Waals surface area contributed by atoms with Gasteiger partial charge >= 0.3 is 0 Å². The van der Waals surface area contributed by atoms with Crippen molar-refractivity contribution in [3.05, 3.63) is 33.7 Å². The molecule has 1 aromatic rings. The number of carbonyl (C=O) groups excluding carboxylic acids is 1. The summed E-state index contributed by atoms with van der Waals surface area (Å²) in [6.45, 7) is 6.78. The van der Waals surface area contributed by atoms with Crippen molar-refractivity contribution in [2.45, 2.75) is 33.2 Å². The van der Waals surface area contributed by atoms with Crippen LogP contribution in [0.2, 0.25) is 0 Å². The number of pyridine rings is 1. The average molecular weight is 279 g/mol. The molecule has 2 N–H and O–H groups in total. The fraction of sp³-hybridized carbons (Fsp3) is 0.600. The highest BCUT2D eigenvalue weighted by Crippen LogP contribution is 2.06. The smallest absolute Gasteiger partial charge is 0.257 e. The molecule has 0 aromatic carbocycles. The maximum Gasteiger partial charge on any atom is 0.257 e. The van der Waals surface area contributed by atoms with Gasteiger partial charge in [-0.3, -0.25) is 9.59 Å². The highest BCUT2D eigenvalue weighted by molar-refractivity contribution is 5.94. The molecule has 0 spiro atoms. The van der Waals surface area contributed by atoms with E-state index in [1.54, 1.807) is 6.92 Å². The SMILES string of the molecule is Cc1cc(=O)c(C(=O)NC(CC(C)C)CN(C)C)c[nH]1. The summed E-state index contributed by atoms with van der Waals surface area (Å²) in [6.07, 6.45) is 2.36. The van der Waals surface area contributed by atoms with E-state index in [2.05, 4.69) is 24.1 Å². The number of nitrogens with zero attached hydrogens (tertiary/aromatic N) is 1. The van der Waals surface area contributed by atoms with E-state index >= 15 is 0 Å². The number of nitrogens with one attached hydrogen (secondary N) is 2. The lowest BCUT2D eigenvalue weighted by Crippen LogP contribution is -2.43. The van der Waals surface area contributed by atoms with Crippen molar-refractivity contribution < 1.29 is 4.79 Å². The largest absolute Gasteiger partial charge is 0.364 e. The predicted octanol–water partition coefficient (Wildman–Crippen LogP) is 1.39. The van der Waals surface area contributed by atoms with Gasteiger partial charge in [0.15, 0.2) is 5.43 Å². The number of carbonyl (C=O) groups is 1. The third-order valence-corrected chi connectivity index (χ3v) is 2.98. The summed E-state index contributed by atoms with van der Waals surface area (Å²) in [5.74, 6) is 0.176. The van der Waals surface area contributed by atoms with Crippen LogP contribution in [0.3, 0.4) is 0 Å². The summed E-state index contributed by atoms with van der Waals surface area (Å²) in [5.41, 5.74) is 0.675. The van der Waals surface area contributed by atoms with Crippen molar-refractivity contribution in [3.8, 4) is 0 Å². The molecule has 5 heteroatoms. The number of rotatable bonds is 6. The van der Waals surface area contributed by atoms with Gasteiger partial charge in [0.25, 0.3) is 5.91 Å². The monoisotopic (exact) mass is 279 g/mol. The summed E-state index contributed by atoms with van der Waals surface area (Å²) in [5, 5.41) is 2.96. The van der Waals surface area contributed by atoms with E-state index in [1.165, 1.54) is 12.3 Å². The number of hydrogen-bond donors (Lipinski definition) is 2. The molecular weight excluding hydrogens is 254 g/mol. The summed E-state index contributed by atoms with van der Waals surface area (Å²) in [4.78, 5) is 29.0. The Morgan fingerprint density at radius 3 is 2.55 bits per heavy atom. The summed E-state index contributed by atoms with van der Waals surface area (Å²) in [7, 11) is 3.94. The second kappa shape index (κ2) is 7.24. The number of likely N-dealkylation sites (N-methyl/N-ethyl adjacent to an activating group) is 1. The van der Waals surface area contributed by atoms with Gasteiger partial charge in [0.2, 0.25) is 0 Å². The van der Waals surface area contributed by atoms with E-state index in [0.29, 0.717) is 5.92 Å². The van der Waals surface area contributed by atoms with Gasteiger partial charge in [-0.2, -0.15) is 0 Å². The highest BCUT2D eigenvalue weighted by Gasteiger charge is 2.17. The van der Waals surface area contributed by atoms with Crippen molar-refractivity contribution in [1.82, 2.24) is 15.2 Å². The Morgan fingerprint density at radius 1 is 1.40 bits per heavy atom. The molecule has 112 valence electrons. The molecule has 1 atom stereocenters. The lowest BCUT2D eigenvalue weighted by Gasteiger charge is -2.23. The highest BCUT2D eigenvalue weighted by atomic mass is 16.2. The van der Waals surface area contributed by atoms with E-state index in [4.69, 9.17) is 0 Å². The predicted molar refractivity (Wildman–Crippen MR) is 81.1 cm³/mol.